The van der Waals surface area contributed by atoms with Crippen LogP contribution in [0.2, 0.25) is 0 Å². The lowest BCUT2D eigenvalue weighted by Gasteiger charge is -2.01. The van der Waals surface area contributed by atoms with E-state index in [9.17, 15) is 4.79 Å². The first-order valence-corrected chi connectivity index (χ1v) is 7.24. The number of hydrogen-bond acceptors (Lipinski definition) is 4. The molecule has 19 heavy (non-hydrogen) atoms. The Morgan fingerprint density at radius 2 is 2.32 bits per heavy atom. The van der Waals surface area contributed by atoms with Gasteiger partial charge in [0.2, 0.25) is 5.91 Å². The number of carbonyl (C=O) groups is 1. The number of nitrogens with one attached hydrogen (secondary N) is 1. The number of nitrogens with zero attached hydrogens (tertiary/aromatic N) is 2. The van der Waals surface area contributed by atoms with Gasteiger partial charge >= 0.3 is 0 Å². The summed E-state index contributed by atoms with van der Waals surface area (Å²) in [6.07, 6.45) is 4.02. The Morgan fingerprint density at radius 1 is 1.47 bits per heavy atom. The number of aliphatic hydroxyl groups is 1. The Morgan fingerprint density at radius 3 is 3.11 bits per heavy atom. The van der Waals surface area contributed by atoms with Crippen molar-refractivity contribution >= 4 is 23.3 Å². The smallest absolute Gasteiger partial charge is 0.230 e. The fraction of sp³-hybridized carbons (Fsp3) is 0.385. The number of imidazole rings is 1. The van der Waals surface area contributed by atoms with E-state index < -0.39 is 0 Å². The zero-order valence-corrected chi connectivity index (χ0v) is 11.6. The van der Waals surface area contributed by atoms with Crippen LogP contribution in [0.1, 0.15) is 11.3 Å². The maximum absolute atomic E-state index is 11.3. The third kappa shape index (κ3) is 3.97. The van der Waals surface area contributed by atoms with Crippen molar-refractivity contribution in [3.63, 3.8) is 0 Å². The maximum Gasteiger partial charge on any atom is 0.230 e. The summed E-state index contributed by atoms with van der Waals surface area (Å²) in [5.41, 5.74) is 3.07. The van der Waals surface area contributed by atoms with Crippen LogP contribution in [0.5, 0.6) is 0 Å². The van der Waals surface area contributed by atoms with Crippen LogP contribution in [0.25, 0.3) is 5.65 Å². The second-order valence-electron chi connectivity index (χ2n) is 4.27. The van der Waals surface area contributed by atoms with Crippen molar-refractivity contribution in [2.75, 3.05) is 18.9 Å². The van der Waals surface area contributed by atoms with Crippen LogP contribution in [0.15, 0.2) is 24.5 Å². The number of thioether (sulfide) groups is 1. The van der Waals surface area contributed by atoms with Gasteiger partial charge in [-0.1, -0.05) is 6.07 Å². The molecule has 0 fully saturated rings. The fourth-order valence-electron chi connectivity index (χ4n) is 1.72. The number of aryl methyl sites for hydroxylation is 1. The van der Waals surface area contributed by atoms with Gasteiger partial charge in [-0.2, -0.15) is 0 Å². The third-order valence-electron chi connectivity index (χ3n) is 2.57. The van der Waals surface area contributed by atoms with E-state index in [1.807, 2.05) is 35.9 Å². The first-order valence-electron chi connectivity index (χ1n) is 6.08. The van der Waals surface area contributed by atoms with E-state index in [1.54, 1.807) is 0 Å². The summed E-state index contributed by atoms with van der Waals surface area (Å²) in [5, 5.41) is 11.2. The van der Waals surface area contributed by atoms with E-state index in [1.165, 1.54) is 17.3 Å². The van der Waals surface area contributed by atoms with E-state index in [-0.39, 0.29) is 12.5 Å². The topological polar surface area (TPSA) is 66.6 Å². The Hall–Kier alpha value is -1.53. The summed E-state index contributed by atoms with van der Waals surface area (Å²) in [4.78, 5) is 15.8. The van der Waals surface area contributed by atoms with Gasteiger partial charge in [0.1, 0.15) is 5.65 Å². The second-order valence-corrected chi connectivity index (χ2v) is 5.26. The predicted molar refractivity (Wildman–Crippen MR) is 76.2 cm³/mol. The SMILES string of the molecule is Cc1ccc2nc(CSCC(=O)NCCO)cn2c1. The molecule has 102 valence electrons. The number of carbonyl (C=O) groups excluding carboxylic acids is 1. The molecule has 0 unspecified atom stereocenters. The molecular formula is C13H17N3O2S. The summed E-state index contributed by atoms with van der Waals surface area (Å²) in [6, 6.07) is 4.01. The van der Waals surface area contributed by atoms with Crippen LogP contribution in [0, 0.1) is 6.92 Å². The Labute approximate surface area is 116 Å². The van der Waals surface area contributed by atoms with E-state index in [2.05, 4.69) is 10.3 Å². The number of fused-ring (bicyclic) bond motifs is 1. The van der Waals surface area contributed by atoms with Gasteiger partial charge in [0.05, 0.1) is 18.1 Å². The van der Waals surface area contributed by atoms with Crippen LogP contribution >= 0.6 is 11.8 Å². The fourth-order valence-corrected chi connectivity index (χ4v) is 2.46. The van der Waals surface area contributed by atoms with Crippen molar-refractivity contribution in [1.29, 1.82) is 0 Å². The van der Waals surface area contributed by atoms with Crippen LogP contribution in [0.3, 0.4) is 0 Å². The van der Waals surface area contributed by atoms with Crippen LogP contribution in [-0.2, 0) is 10.5 Å². The molecule has 2 heterocycles. The summed E-state index contributed by atoms with van der Waals surface area (Å²) < 4.78 is 2.00. The van der Waals surface area contributed by atoms with Crippen molar-refractivity contribution in [1.82, 2.24) is 14.7 Å². The van der Waals surface area contributed by atoms with Crippen LogP contribution in [0.4, 0.5) is 0 Å². The lowest BCUT2D eigenvalue weighted by atomic mass is 10.3. The number of hydrogen-bond donors (Lipinski definition) is 2. The number of aromatic nitrogens is 2. The molecule has 2 aromatic heterocycles. The molecule has 0 saturated heterocycles. The number of amides is 1. The van der Waals surface area contributed by atoms with Crippen molar-refractivity contribution in [2.45, 2.75) is 12.7 Å². The normalized spacial score (nSPS) is 10.8. The highest BCUT2D eigenvalue weighted by molar-refractivity contribution is 7.99. The molecule has 0 bridgehead atoms. The number of pyridine rings is 1. The highest BCUT2D eigenvalue weighted by atomic mass is 32.2. The maximum atomic E-state index is 11.3. The van der Waals surface area contributed by atoms with Gasteiger partial charge in [0.25, 0.3) is 0 Å². The van der Waals surface area contributed by atoms with Gasteiger partial charge in [0.15, 0.2) is 0 Å². The third-order valence-corrected chi connectivity index (χ3v) is 3.53. The molecule has 0 atom stereocenters. The summed E-state index contributed by atoms with van der Waals surface area (Å²) in [5.74, 6) is 1.03. The van der Waals surface area contributed by atoms with E-state index in [4.69, 9.17) is 5.11 Å². The largest absolute Gasteiger partial charge is 0.395 e. The zero-order valence-electron chi connectivity index (χ0n) is 10.8. The molecule has 0 saturated carbocycles. The van der Waals surface area contributed by atoms with E-state index in [0.29, 0.717) is 18.1 Å². The molecule has 2 aromatic rings. The van der Waals surface area contributed by atoms with Crippen LogP contribution in [-0.4, -0.2) is 39.3 Å². The van der Waals surface area contributed by atoms with Crippen molar-refractivity contribution in [2.24, 2.45) is 0 Å². The minimum Gasteiger partial charge on any atom is -0.395 e. The van der Waals surface area contributed by atoms with Gasteiger partial charge in [0, 0.05) is 24.7 Å². The molecule has 0 aliphatic carbocycles. The summed E-state index contributed by atoms with van der Waals surface area (Å²) >= 11 is 1.51. The lowest BCUT2D eigenvalue weighted by Crippen LogP contribution is -2.27. The number of rotatable bonds is 6. The van der Waals surface area contributed by atoms with Gasteiger partial charge in [-0.05, 0) is 18.6 Å². The monoisotopic (exact) mass is 279 g/mol. The zero-order chi connectivity index (χ0) is 13.7. The molecule has 0 radical (unpaired) electrons. The Bertz CT molecular complexity index is 568. The average molecular weight is 279 g/mol. The van der Waals surface area contributed by atoms with Gasteiger partial charge in [-0.15, -0.1) is 11.8 Å². The highest BCUT2D eigenvalue weighted by Gasteiger charge is 2.04. The molecule has 2 rings (SSSR count). The average Bonchev–Trinajstić information content (AvgIpc) is 2.78. The standard InChI is InChI=1S/C13H17N3O2S/c1-10-2-3-12-15-11(7-16(12)6-10)8-19-9-13(18)14-4-5-17/h2-3,6-7,17H,4-5,8-9H2,1H3,(H,14,18). The molecule has 6 heteroatoms. The molecule has 0 spiro atoms. The van der Waals surface area contributed by atoms with Crippen molar-refractivity contribution < 1.29 is 9.90 Å². The van der Waals surface area contributed by atoms with E-state index in [0.717, 1.165) is 11.3 Å². The number of aliphatic hydroxyl groups excluding tert-OH is 1. The van der Waals surface area contributed by atoms with Gasteiger partial charge in [-0.3, -0.25) is 4.79 Å². The molecule has 0 aliphatic rings. The van der Waals surface area contributed by atoms with Crippen LogP contribution < -0.4 is 5.32 Å². The molecular weight excluding hydrogens is 262 g/mol. The second kappa shape index (κ2) is 6.58. The minimum atomic E-state index is -0.0568. The quantitative estimate of drug-likeness (QED) is 0.827. The Balaban J connectivity index is 1.86. The minimum absolute atomic E-state index is 0.0256. The molecule has 1 amide bonds. The molecule has 5 nitrogen and oxygen atoms in total. The van der Waals surface area contributed by atoms with Gasteiger partial charge < -0.3 is 14.8 Å². The first kappa shape index (κ1) is 13.9. The molecule has 0 aromatic carbocycles. The first-order chi connectivity index (χ1) is 9.19. The molecule has 0 aliphatic heterocycles. The Kier molecular flexibility index (Phi) is 4.81. The van der Waals surface area contributed by atoms with Crippen molar-refractivity contribution in [3.05, 3.63) is 35.8 Å². The molecule has 2 N–H and O–H groups in total. The van der Waals surface area contributed by atoms with E-state index >= 15 is 0 Å². The lowest BCUT2D eigenvalue weighted by molar-refractivity contribution is -0.118. The van der Waals surface area contributed by atoms with Crippen molar-refractivity contribution in [3.8, 4) is 0 Å². The summed E-state index contributed by atoms with van der Waals surface area (Å²) in [7, 11) is 0. The highest BCUT2D eigenvalue weighted by Crippen LogP contribution is 2.13. The predicted octanol–water partition coefficient (Wildman–Crippen LogP) is 0.984. The van der Waals surface area contributed by atoms with Gasteiger partial charge in [-0.25, -0.2) is 4.98 Å². The summed E-state index contributed by atoms with van der Waals surface area (Å²) in [6.45, 7) is 2.33.